The number of methoxy groups -OCH3 is 1. The van der Waals surface area contributed by atoms with Crippen molar-refractivity contribution in [2.75, 3.05) is 26.5 Å². The Morgan fingerprint density at radius 2 is 1.81 bits per heavy atom. The summed E-state index contributed by atoms with van der Waals surface area (Å²) in [6, 6.07) is 11.3. The summed E-state index contributed by atoms with van der Waals surface area (Å²) >= 11 is 5.82. The lowest BCUT2D eigenvalue weighted by Gasteiger charge is -2.14. The van der Waals surface area contributed by atoms with Crippen molar-refractivity contribution >= 4 is 39.3 Å². The van der Waals surface area contributed by atoms with Gasteiger partial charge in [0.15, 0.2) is 0 Å². The lowest BCUT2D eigenvalue weighted by Crippen LogP contribution is -2.22. The molecule has 1 amide bonds. The third kappa shape index (κ3) is 4.85. The second-order valence-corrected chi connectivity index (χ2v) is 8.11. The van der Waals surface area contributed by atoms with Gasteiger partial charge >= 0.3 is 0 Å². The molecule has 0 aliphatic rings. The van der Waals surface area contributed by atoms with Crippen LogP contribution in [0.3, 0.4) is 0 Å². The Hall–Kier alpha value is -2.35. The van der Waals surface area contributed by atoms with Crippen molar-refractivity contribution < 1.29 is 17.9 Å². The number of rotatable bonds is 6. The molecular formula is C18H19ClN2O4S. The number of carbonyl (C=O) groups is 1. The third-order valence-corrected chi connectivity index (χ3v) is 5.57. The van der Waals surface area contributed by atoms with E-state index in [1.165, 1.54) is 45.5 Å². The first-order valence-corrected chi connectivity index (χ1v) is 9.41. The molecule has 0 fully saturated rings. The first-order chi connectivity index (χ1) is 12.2. The highest BCUT2D eigenvalue weighted by atomic mass is 35.5. The standard InChI is InChI=1S/C18H19ClN2O4S/c1-21(2)26(23,24)15-9-10-17(25-3)16(12-15)20-18(22)11-6-13-4-7-14(19)8-5-13/h4-12H,1-3H3,(H,20,22)/b11-6+. The van der Waals surface area contributed by atoms with E-state index >= 15 is 0 Å². The topological polar surface area (TPSA) is 75.7 Å². The number of hydrogen-bond donors (Lipinski definition) is 1. The highest BCUT2D eigenvalue weighted by molar-refractivity contribution is 7.89. The number of nitrogens with zero attached hydrogens (tertiary/aromatic N) is 1. The highest BCUT2D eigenvalue weighted by Crippen LogP contribution is 2.28. The fourth-order valence-electron chi connectivity index (χ4n) is 2.08. The van der Waals surface area contributed by atoms with Crippen LogP contribution >= 0.6 is 11.6 Å². The minimum atomic E-state index is -3.62. The van der Waals surface area contributed by atoms with Gasteiger partial charge in [0.05, 0.1) is 17.7 Å². The molecule has 2 aromatic carbocycles. The Morgan fingerprint density at radius 3 is 2.38 bits per heavy atom. The Labute approximate surface area is 158 Å². The molecule has 0 atom stereocenters. The molecule has 0 heterocycles. The van der Waals surface area contributed by atoms with E-state index in [0.717, 1.165) is 9.87 Å². The van der Waals surface area contributed by atoms with Crippen LogP contribution in [0.15, 0.2) is 53.4 Å². The van der Waals surface area contributed by atoms with Gasteiger partial charge in [-0.3, -0.25) is 4.79 Å². The van der Waals surface area contributed by atoms with Gasteiger partial charge < -0.3 is 10.1 Å². The quantitative estimate of drug-likeness (QED) is 0.763. The minimum absolute atomic E-state index is 0.0558. The number of nitrogens with one attached hydrogen (secondary N) is 1. The van der Waals surface area contributed by atoms with Crippen LogP contribution in [-0.4, -0.2) is 39.8 Å². The predicted octanol–water partition coefficient (Wildman–Crippen LogP) is 3.25. The average Bonchev–Trinajstić information content (AvgIpc) is 2.61. The zero-order valence-corrected chi connectivity index (χ0v) is 16.1. The van der Waals surface area contributed by atoms with Crippen molar-refractivity contribution in [3.05, 3.63) is 59.1 Å². The van der Waals surface area contributed by atoms with Gasteiger partial charge in [0.25, 0.3) is 0 Å². The van der Waals surface area contributed by atoms with Crippen molar-refractivity contribution in [2.45, 2.75) is 4.90 Å². The maximum Gasteiger partial charge on any atom is 0.248 e. The minimum Gasteiger partial charge on any atom is -0.495 e. The number of carbonyl (C=O) groups excluding carboxylic acids is 1. The zero-order valence-electron chi connectivity index (χ0n) is 14.6. The first-order valence-electron chi connectivity index (χ1n) is 7.59. The SMILES string of the molecule is COc1ccc(S(=O)(=O)N(C)C)cc1NC(=O)/C=C/c1ccc(Cl)cc1. The largest absolute Gasteiger partial charge is 0.495 e. The lowest BCUT2D eigenvalue weighted by molar-refractivity contribution is -0.111. The van der Waals surface area contributed by atoms with Gasteiger partial charge in [-0.15, -0.1) is 0 Å². The van der Waals surface area contributed by atoms with E-state index in [1.54, 1.807) is 30.3 Å². The molecule has 8 heteroatoms. The molecule has 138 valence electrons. The van der Waals surface area contributed by atoms with E-state index in [-0.39, 0.29) is 10.6 Å². The maximum absolute atomic E-state index is 12.3. The zero-order chi connectivity index (χ0) is 19.3. The maximum atomic E-state index is 12.3. The van der Waals surface area contributed by atoms with Crippen molar-refractivity contribution in [2.24, 2.45) is 0 Å². The van der Waals surface area contributed by atoms with Gasteiger partial charge in [-0.05, 0) is 42.0 Å². The molecule has 0 aliphatic heterocycles. The molecular weight excluding hydrogens is 376 g/mol. The number of hydrogen-bond acceptors (Lipinski definition) is 4. The molecule has 0 saturated heterocycles. The second kappa shape index (κ2) is 8.35. The summed E-state index contributed by atoms with van der Waals surface area (Å²) in [6.45, 7) is 0. The summed E-state index contributed by atoms with van der Waals surface area (Å²) in [5.41, 5.74) is 1.07. The van der Waals surface area contributed by atoms with Crippen molar-refractivity contribution in [1.29, 1.82) is 0 Å². The van der Waals surface area contributed by atoms with Crippen LogP contribution in [0.25, 0.3) is 6.08 Å². The second-order valence-electron chi connectivity index (χ2n) is 5.52. The van der Waals surface area contributed by atoms with Gasteiger partial charge in [0.1, 0.15) is 5.75 Å². The van der Waals surface area contributed by atoms with Gasteiger partial charge in [0.2, 0.25) is 15.9 Å². The molecule has 0 aromatic heterocycles. The molecule has 26 heavy (non-hydrogen) atoms. The van der Waals surface area contributed by atoms with Gasteiger partial charge in [-0.25, -0.2) is 12.7 Å². The van der Waals surface area contributed by atoms with Crippen LogP contribution in [-0.2, 0) is 14.8 Å². The Bertz CT molecular complexity index is 923. The number of benzene rings is 2. The van der Waals surface area contributed by atoms with Crippen LogP contribution in [0.2, 0.25) is 5.02 Å². The Kier molecular flexibility index (Phi) is 6.42. The summed E-state index contributed by atoms with van der Waals surface area (Å²) in [5, 5.41) is 3.24. The fraction of sp³-hybridized carbons (Fsp3) is 0.167. The number of amides is 1. The van der Waals surface area contributed by atoms with Crippen LogP contribution in [0.4, 0.5) is 5.69 Å². The Balaban J connectivity index is 2.24. The van der Waals surface area contributed by atoms with E-state index < -0.39 is 15.9 Å². The summed E-state index contributed by atoms with van der Waals surface area (Å²) in [6.07, 6.45) is 2.97. The van der Waals surface area contributed by atoms with E-state index in [2.05, 4.69) is 5.32 Å². The monoisotopic (exact) mass is 394 g/mol. The normalized spacial score (nSPS) is 11.7. The lowest BCUT2D eigenvalue weighted by atomic mass is 10.2. The van der Waals surface area contributed by atoms with Crippen LogP contribution in [0, 0.1) is 0 Å². The summed E-state index contributed by atoms with van der Waals surface area (Å²) in [7, 11) is 0.690. The summed E-state index contributed by atoms with van der Waals surface area (Å²) in [4.78, 5) is 12.2. The number of ether oxygens (including phenoxy) is 1. The van der Waals surface area contributed by atoms with E-state index in [9.17, 15) is 13.2 Å². The molecule has 6 nitrogen and oxygen atoms in total. The van der Waals surface area contributed by atoms with Crippen molar-refractivity contribution in [3.63, 3.8) is 0 Å². The molecule has 0 aliphatic carbocycles. The molecule has 2 aromatic rings. The van der Waals surface area contributed by atoms with Crippen LogP contribution in [0.5, 0.6) is 5.75 Å². The smallest absolute Gasteiger partial charge is 0.248 e. The van der Waals surface area contributed by atoms with Gasteiger partial charge in [0, 0.05) is 25.2 Å². The summed E-state index contributed by atoms with van der Waals surface area (Å²) in [5.74, 6) is -0.0615. The molecule has 0 radical (unpaired) electrons. The molecule has 0 bridgehead atoms. The van der Waals surface area contributed by atoms with Gasteiger partial charge in [-0.1, -0.05) is 23.7 Å². The van der Waals surface area contributed by atoms with E-state index in [0.29, 0.717) is 10.8 Å². The van der Waals surface area contributed by atoms with Crippen LogP contribution < -0.4 is 10.1 Å². The predicted molar refractivity (Wildman–Crippen MR) is 103 cm³/mol. The fourth-order valence-corrected chi connectivity index (χ4v) is 3.13. The molecule has 0 unspecified atom stereocenters. The number of halogens is 1. The number of anilines is 1. The highest BCUT2D eigenvalue weighted by Gasteiger charge is 2.19. The van der Waals surface area contributed by atoms with E-state index in [1.807, 2.05) is 0 Å². The van der Waals surface area contributed by atoms with Crippen molar-refractivity contribution in [1.82, 2.24) is 4.31 Å². The molecule has 2 rings (SSSR count). The molecule has 0 spiro atoms. The molecule has 1 N–H and O–H groups in total. The first kappa shape index (κ1) is 20.0. The van der Waals surface area contributed by atoms with Crippen LogP contribution in [0.1, 0.15) is 5.56 Å². The van der Waals surface area contributed by atoms with E-state index in [4.69, 9.17) is 16.3 Å². The summed E-state index contributed by atoms with van der Waals surface area (Å²) < 4.78 is 30.8. The van der Waals surface area contributed by atoms with Gasteiger partial charge in [-0.2, -0.15) is 0 Å². The Morgan fingerprint density at radius 1 is 1.15 bits per heavy atom. The number of sulfonamides is 1. The molecule has 0 saturated carbocycles. The average molecular weight is 395 g/mol. The third-order valence-electron chi connectivity index (χ3n) is 3.50. The van der Waals surface area contributed by atoms with Crippen molar-refractivity contribution in [3.8, 4) is 5.75 Å².